The summed E-state index contributed by atoms with van der Waals surface area (Å²) in [4.78, 5) is 11.8. The number of hydrogen-bond donors (Lipinski definition) is 0. The first-order valence-corrected chi connectivity index (χ1v) is 6.41. The molecule has 84 valence electrons. The third kappa shape index (κ3) is 1.47. The number of halogens is 1. The Balaban J connectivity index is 2.02. The first-order chi connectivity index (χ1) is 7.71. The molecule has 1 saturated heterocycles. The highest BCUT2D eigenvalue weighted by atomic mass is 127. The van der Waals surface area contributed by atoms with Crippen molar-refractivity contribution in [3.8, 4) is 0 Å². The summed E-state index contributed by atoms with van der Waals surface area (Å²) < 4.78 is 7.89. The minimum Gasteiger partial charge on any atom is -0.450 e. The highest BCUT2D eigenvalue weighted by molar-refractivity contribution is 14.1. The van der Waals surface area contributed by atoms with Crippen molar-refractivity contribution in [3.05, 3.63) is 35.4 Å². The van der Waals surface area contributed by atoms with Crippen LogP contribution in [0.4, 0.5) is 0 Å². The van der Waals surface area contributed by atoms with Gasteiger partial charge < -0.3 is 4.74 Å². The molecule has 16 heavy (non-hydrogen) atoms. The van der Waals surface area contributed by atoms with Crippen LogP contribution in [0.3, 0.4) is 0 Å². The smallest absolute Gasteiger partial charge is 0.339 e. The quantitative estimate of drug-likeness (QED) is 0.416. The number of esters is 1. The number of fused-ring (bicyclic) bond motifs is 2. The molecule has 0 saturated carbocycles. The molecule has 0 amide bonds. The summed E-state index contributed by atoms with van der Waals surface area (Å²) in [5, 5.41) is 0. The Bertz CT molecular complexity index is 438. The number of carbonyl (C=O) groups is 1. The number of hydrogen-bond acceptors (Lipinski definition) is 3. The molecule has 0 atom stereocenters. The lowest BCUT2D eigenvalue weighted by Gasteiger charge is -2.35. The third-order valence-electron chi connectivity index (χ3n) is 3.44. The molecule has 1 fully saturated rings. The van der Waals surface area contributed by atoms with Crippen LogP contribution in [0.25, 0.3) is 0 Å². The molecule has 0 unspecified atom stereocenters. The van der Waals surface area contributed by atoms with Crippen molar-refractivity contribution in [2.45, 2.75) is 18.4 Å². The van der Waals surface area contributed by atoms with Crippen molar-refractivity contribution >= 4 is 28.8 Å². The Morgan fingerprint density at radius 2 is 1.94 bits per heavy atom. The van der Waals surface area contributed by atoms with E-state index in [2.05, 4.69) is 26.0 Å². The van der Waals surface area contributed by atoms with E-state index < -0.39 is 0 Å². The van der Waals surface area contributed by atoms with E-state index in [1.165, 1.54) is 0 Å². The van der Waals surface area contributed by atoms with Crippen LogP contribution < -0.4 is 0 Å². The molecule has 0 aliphatic carbocycles. The van der Waals surface area contributed by atoms with Gasteiger partial charge in [0.1, 0.15) is 5.60 Å². The molecule has 2 aliphatic heterocycles. The van der Waals surface area contributed by atoms with Gasteiger partial charge >= 0.3 is 5.97 Å². The van der Waals surface area contributed by atoms with E-state index in [9.17, 15) is 4.79 Å². The maximum absolute atomic E-state index is 11.8. The van der Waals surface area contributed by atoms with Crippen LogP contribution in [-0.2, 0) is 10.3 Å². The molecule has 4 heteroatoms. The van der Waals surface area contributed by atoms with Crippen molar-refractivity contribution in [2.24, 2.45) is 0 Å². The third-order valence-corrected chi connectivity index (χ3v) is 4.41. The summed E-state index contributed by atoms with van der Waals surface area (Å²) >= 11 is 2.32. The molecule has 2 heterocycles. The maximum atomic E-state index is 11.8. The average Bonchev–Trinajstić information content (AvgIpc) is 2.58. The second-order valence-corrected chi connectivity index (χ2v) is 5.70. The molecule has 0 N–H and O–H groups in total. The molecule has 3 rings (SSSR count). The summed E-state index contributed by atoms with van der Waals surface area (Å²) in [5.74, 6) is -0.155. The van der Waals surface area contributed by atoms with Crippen LogP contribution in [0.15, 0.2) is 24.3 Å². The lowest BCUT2D eigenvalue weighted by atomic mass is 9.84. The summed E-state index contributed by atoms with van der Waals surface area (Å²) in [6.07, 6.45) is 1.80. The van der Waals surface area contributed by atoms with Gasteiger partial charge in [-0.2, -0.15) is 0 Å². The fraction of sp³-hybridized carbons (Fsp3) is 0.417. The Labute approximate surface area is 108 Å². The number of rotatable bonds is 0. The lowest BCUT2D eigenvalue weighted by molar-refractivity contribution is -0.0304. The van der Waals surface area contributed by atoms with E-state index in [0.29, 0.717) is 0 Å². The fourth-order valence-corrected chi connectivity index (χ4v) is 3.04. The summed E-state index contributed by atoms with van der Waals surface area (Å²) in [6.45, 7) is 1.95. The molecule has 0 radical (unpaired) electrons. The van der Waals surface area contributed by atoms with Crippen molar-refractivity contribution in [1.82, 2.24) is 3.11 Å². The topological polar surface area (TPSA) is 29.5 Å². The van der Waals surface area contributed by atoms with Crippen molar-refractivity contribution in [2.75, 3.05) is 13.1 Å². The van der Waals surface area contributed by atoms with Gasteiger partial charge in [-0.3, -0.25) is 0 Å². The molecule has 1 aromatic rings. The minimum atomic E-state index is -0.338. The van der Waals surface area contributed by atoms with E-state index in [1.54, 1.807) is 0 Å². The minimum absolute atomic E-state index is 0.155. The Morgan fingerprint density at radius 3 is 2.69 bits per heavy atom. The fourth-order valence-electron chi connectivity index (χ4n) is 2.56. The Hall–Kier alpha value is -0.620. The van der Waals surface area contributed by atoms with E-state index in [1.807, 2.05) is 24.3 Å². The van der Waals surface area contributed by atoms with Crippen LogP contribution in [0.2, 0.25) is 0 Å². The van der Waals surface area contributed by atoms with Crippen LogP contribution >= 0.6 is 22.9 Å². The normalized spacial score (nSPS) is 23.2. The first kappa shape index (κ1) is 10.5. The van der Waals surface area contributed by atoms with Crippen molar-refractivity contribution in [3.63, 3.8) is 0 Å². The van der Waals surface area contributed by atoms with Crippen LogP contribution in [0.5, 0.6) is 0 Å². The predicted molar refractivity (Wildman–Crippen MR) is 68.4 cm³/mol. The molecule has 2 aliphatic rings. The average molecular weight is 329 g/mol. The van der Waals surface area contributed by atoms with Gasteiger partial charge in [0.05, 0.1) is 5.56 Å². The molecule has 0 aromatic heterocycles. The van der Waals surface area contributed by atoms with Crippen molar-refractivity contribution < 1.29 is 9.53 Å². The molecule has 3 nitrogen and oxygen atoms in total. The van der Waals surface area contributed by atoms with Gasteiger partial charge in [0, 0.05) is 54.4 Å². The van der Waals surface area contributed by atoms with Crippen LogP contribution in [0, 0.1) is 0 Å². The van der Waals surface area contributed by atoms with Gasteiger partial charge in [0.2, 0.25) is 0 Å². The zero-order valence-electron chi connectivity index (χ0n) is 8.78. The van der Waals surface area contributed by atoms with E-state index in [0.717, 1.165) is 37.1 Å². The monoisotopic (exact) mass is 329 g/mol. The van der Waals surface area contributed by atoms with E-state index >= 15 is 0 Å². The summed E-state index contributed by atoms with van der Waals surface area (Å²) in [5.41, 5.74) is 1.50. The summed E-state index contributed by atoms with van der Waals surface area (Å²) in [6, 6.07) is 7.78. The number of nitrogens with zero attached hydrogens (tertiary/aromatic N) is 1. The Kier molecular flexibility index (Phi) is 2.43. The number of ether oxygens (including phenoxy) is 1. The molecular formula is C12H12INO2. The largest absolute Gasteiger partial charge is 0.450 e. The van der Waals surface area contributed by atoms with Gasteiger partial charge in [-0.1, -0.05) is 18.2 Å². The molecular weight excluding hydrogens is 317 g/mol. The maximum Gasteiger partial charge on any atom is 0.339 e. The summed E-state index contributed by atoms with van der Waals surface area (Å²) in [7, 11) is 0. The van der Waals surface area contributed by atoms with Gasteiger partial charge in [0.15, 0.2) is 0 Å². The van der Waals surface area contributed by atoms with Crippen LogP contribution in [0.1, 0.15) is 28.8 Å². The number of piperidine rings is 1. The molecule has 1 aromatic carbocycles. The SMILES string of the molecule is O=C1OC2(CCN(I)CC2)c2ccccc21. The van der Waals surface area contributed by atoms with Gasteiger partial charge in [0.25, 0.3) is 0 Å². The van der Waals surface area contributed by atoms with E-state index in [4.69, 9.17) is 4.74 Å². The van der Waals surface area contributed by atoms with Crippen LogP contribution in [-0.4, -0.2) is 22.2 Å². The lowest BCUT2D eigenvalue weighted by Crippen LogP contribution is -2.38. The zero-order chi connectivity index (χ0) is 11.2. The second-order valence-electron chi connectivity index (χ2n) is 4.34. The van der Waals surface area contributed by atoms with Crippen molar-refractivity contribution in [1.29, 1.82) is 0 Å². The molecule has 0 bridgehead atoms. The highest BCUT2D eigenvalue weighted by Gasteiger charge is 2.46. The number of carbonyl (C=O) groups excluding carboxylic acids is 1. The molecule has 1 spiro atoms. The zero-order valence-corrected chi connectivity index (χ0v) is 10.9. The highest BCUT2D eigenvalue weighted by Crippen LogP contribution is 2.44. The number of benzene rings is 1. The Morgan fingerprint density at radius 1 is 1.25 bits per heavy atom. The second kappa shape index (κ2) is 3.70. The predicted octanol–water partition coefficient (Wildman–Crippen LogP) is 2.50. The van der Waals surface area contributed by atoms with E-state index in [-0.39, 0.29) is 11.6 Å². The van der Waals surface area contributed by atoms with Gasteiger partial charge in [-0.05, 0) is 6.07 Å². The standard InChI is InChI=1S/C12H12INO2/c13-14-7-5-12(6-8-14)10-4-2-1-3-9(10)11(15)16-12/h1-4H,5-8H2. The first-order valence-electron chi connectivity index (χ1n) is 5.45. The van der Waals surface area contributed by atoms with Gasteiger partial charge in [-0.15, -0.1) is 0 Å². The van der Waals surface area contributed by atoms with Gasteiger partial charge in [-0.25, -0.2) is 7.91 Å².